The summed E-state index contributed by atoms with van der Waals surface area (Å²) in [6, 6.07) is 2.70. The minimum Gasteiger partial charge on any atom is -0.480 e. The van der Waals surface area contributed by atoms with Crippen LogP contribution in [0, 0.1) is 0 Å². The van der Waals surface area contributed by atoms with E-state index in [1.54, 1.807) is 0 Å². The zero-order valence-corrected chi connectivity index (χ0v) is 10.6. The molecule has 0 heterocycles. The summed E-state index contributed by atoms with van der Waals surface area (Å²) >= 11 is 5.67. The molecule has 1 amide bonds. The fourth-order valence-corrected chi connectivity index (χ4v) is 1.47. The summed E-state index contributed by atoms with van der Waals surface area (Å²) in [7, 11) is 0. The molecule has 2 N–H and O–H groups in total. The van der Waals surface area contributed by atoms with Crippen molar-refractivity contribution in [2.24, 2.45) is 0 Å². The molecule has 1 rings (SSSR count). The number of amides is 1. The Kier molecular flexibility index (Phi) is 5.15. The van der Waals surface area contributed by atoms with Gasteiger partial charge < -0.3 is 10.4 Å². The van der Waals surface area contributed by atoms with Gasteiger partial charge in [0.2, 0.25) is 5.91 Å². The van der Waals surface area contributed by atoms with Crippen LogP contribution in [0.2, 0.25) is 5.02 Å². The first-order valence-electron chi connectivity index (χ1n) is 5.24. The van der Waals surface area contributed by atoms with Crippen molar-refractivity contribution < 1.29 is 27.9 Å². The summed E-state index contributed by atoms with van der Waals surface area (Å²) in [5, 5.41) is 10.2. The summed E-state index contributed by atoms with van der Waals surface area (Å²) in [5.41, 5.74) is -0.680. The van der Waals surface area contributed by atoms with Crippen LogP contribution in [0.25, 0.3) is 6.08 Å². The van der Waals surface area contributed by atoms with Crippen molar-refractivity contribution in [2.45, 2.75) is 6.18 Å². The van der Waals surface area contributed by atoms with Crippen LogP contribution in [0.1, 0.15) is 11.1 Å². The van der Waals surface area contributed by atoms with Crippen LogP contribution in [0.15, 0.2) is 24.3 Å². The molecular weight excluding hydrogens is 299 g/mol. The van der Waals surface area contributed by atoms with Gasteiger partial charge in [-0.05, 0) is 23.8 Å². The first-order chi connectivity index (χ1) is 9.20. The molecule has 1 aromatic carbocycles. The highest BCUT2D eigenvalue weighted by molar-refractivity contribution is 6.32. The molecule has 108 valence electrons. The molecule has 0 fully saturated rings. The third kappa shape index (κ3) is 4.93. The maximum atomic E-state index is 12.4. The minimum absolute atomic E-state index is 0.165. The highest BCUT2D eigenvalue weighted by Gasteiger charge is 2.30. The van der Waals surface area contributed by atoms with Crippen LogP contribution < -0.4 is 5.32 Å². The standard InChI is InChI=1S/C12H9ClF3NO3/c13-9-5-8(12(14,15)16)3-1-7(9)2-4-10(18)17-6-11(19)20/h1-5H,6H2,(H,17,18)(H,19,20)/b4-2+. The van der Waals surface area contributed by atoms with Crippen molar-refractivity contribution >= 4 is 29.6 Å². The number of nitrogens with one attached hydrogen (secondary N) is 1. The van der Waals surface area contributed by atoms with Gasteiger partial charge in [0.1, 0.15) is 6.54 Å². The van der Waals surface area contributed by atoms with Gasteiger partial charge in [0.15, 0.2) is 0 Å². The van der Waals surface area contributed by atoms with Gasteiger partial charge in [-0.15, -0.1) is 0 Å². The Morgan fingerprint density at radius 3 is 2.50 bits per heavy atom. The molecule has 4 nitrogen and oxygen atoms in total. The Balaban J connectivity index is 2.78. The first kappa shape index (κ1) is 16.0. The maximum Gasteiger partial charge on any atom is 0.416 e. The maximum absolute atomic E-state index is 12.4. The lowest BCUT2D eigenvalue weighted by Gasteiger charge is -2.07. The zero-order chi connectivity index (χ0) is 15.3. The summed E-state index contributed by atoms with van der Waals surface area (Å²) < 4.78 is 37.2. The Labute approximate surface area is 116 Å². The Morgan fingerprint density at radius 1 is 1.35 bits per heavy atom. The van der Waals surface area contributed by atoms with Crippen LogP contribution in [-0.4, -0.2) is 23.5 Å². The molecule has 0 aliphatic carbocycles. The van der Waals surface area contributed by atoms with E-state index >= 15 is 0 Å². The van der Waals surface area contributed by atoms with Gasteiger partial charge in [-0.3, -0.25) is 9.59 Å². The predicted octanol–water partition coefficient (Wildman–Crippen LogP) is 2.57. The fourth-order valence-electron chi connectivity index (χ4n) is 1.23. The first-order valence-corrected chi connectivity index (χ1v) is 5.62. The van der Waals surface area contributed by atoms with E-state index in [-0.39, 0.29) is 10.6 Å². The Morgan fingerprint density at radius 2 is 2.00 bits per heavy atom. The topological polar surface area (TPSA) is 66.4 Å². The molecular formula is C12H9ClF3NO3. The third-order valence-corrected chi connectivity index (χ3v) is 2.48. The summed E-state index contributed by atoms with van der Waals surface area (Å²) in [4.78, 5) is 21.4. The molecule has 0 aliphatic rings. The van der Waals surface area contributed by atoms with E-state index in [1.165, 1.54) is 6.08 Å². The van der Waals surface area contributed by atoms with Gasteiger partial charge in [0, 0.05) is 11.1 Å². The molecule has 0 bridgehead atoms. The minimum atomic E-state index is -4.50. The number of aliphatic carboxylic acids is 1. The van der Waals surface area contributed by atoms with Crippen molar-refractivity contribution in [2.75, 3.05) is 6.54 Å². The number of rotatable bonds is 4. The number of hydrogen-bond donors (Lipinski definition) is 2. The zero-order valence-electron chi connectivity index (χ0n) is 9.87. The quantitative estimate of drug-likeness (QED) is 0.840. The monoisotopic (exact) mass is 307 g/mol. The number of carboxylic acid groups (broad SMARTS) is 1. The SMILES string of the molecule is O=C(O)CNC(=O)/C=C/c1ccc(C(F)(F)F)cc1Cl. The average molecular weight is 308 g/mol. The van der Waals surface area contributed by atoms with Gasteiger partial charge in [0.25, 0.3) is 0 Å². The largest absolute Gasteiger partial charge is 0.480 e. The smallest absolute Gasteiger partial charge is 0.416 e. The lowest BCUT2D eigenvalue weighted by molar-refractivity contribution is -0.138. The third-order valence-electron chi connectivity index (χ3n) is 2.16. The molecule has 8 heteroatoms. The normalized spacial score (nSPS) is 11.6. The van der Waals surface area contributed by atoms with Gasteiger partial charge in [-0.2, -0.15) is 13.2 Å². The second kappa shape index (κ2) is 6.42. The van der Waals surface area contributed by atoms with Crippen LogP contribution in [0.5, 0.6) is 0 Å². The van der Waals surface area contributed by atoms with E-state index in [1.807, 2.05) is 0 Å². The van der Waals surface area contributed by atoms with Crippen molar-refractivity contribution in [1.82, 2.24) is 5.32 Å². The van der Waals surface area contributed by atoms with Crippen LogP contribution in [0.4, 0.5) is 13.2 Å². The average Bonchev–Trinajstić information content (AvgIpc) is 2.33. The van der Waals surface area contributed by atoms with E-state index < -0.39 is 30.2 Å². The fraction of sp³-hybridized carbons (Fsp3) is 0.167. The van der Waals surface area contributed by atoms with Gasteiger partial charge in [-0.25, -0.2) is 0 Å². The van der Waals surface area contributed by atoms with E-state index in [0.29, 0.717) is 0 Å². The molecule has 20 heavy (non-hydrogen) atoms. The van der Waals surface area contributed by atoms with Gasteiger partial charge >= 0.3 is 12.1 Å². The molecule has 0 spiro atoms. The molecule has 0 unspecified atom stereocenters. The van der Waals surface area contributed by atoms with E-state index in [4.69, 9.17) is 16.7 Å². The summed E-state index contributed by atoms with van der Waals surface area (Å²) in [5.74, 6) is -1.90. The molecule has 0 radical (unpaired) electrons. The highest BCUT2D eigenvalue weighted by atomic mass is 35.5. The van der Waals surface area contributed by atoms with Crippen LogP contribution in [0.3, 0.4) is 0 Å². The van der Waals surface area contributed by atoms with Crippen molar-refractivity contribution in [3.05, 3.63) is 40.4 Å². The number of halogens is 4. The van der Waals surface area contributed by atoms with Gasteiger partial charge in [0.05, 0.1) is 5.56 Å². The summed E-state index contributed by atoms with van der Waals surface area (Å²) in [6.45, 7) is -0.552. The highest BCUT2D eigenvalue weighted by Crippen LogP contribution is 2.32. The van der Waals surface area contributed by atoms with Crippen molar-refractivity contribution in [3.8, 4) is 0 Å². The molecule has 0 aromatic heterocycles. The number of alkyl halides is 3. The molecule has 0 saturated carbocycles. The lowest BCUT2D eigenvalue weighted by Crippen LogP contribution is -2.27. The molecule has 0 atom stereocenters. The Hall–Kier alpha value is -2.02. The van der Waals surface area contributed by atoms with E-state index in [0.717, 1.165) is 24.3 Å². The lowest BCUT2D eigenvalue weighted by atomic mass is 10.1. The van der Waals surface area contributed by atoms with Crippen LogP contribution in [-0.2, 0) is 15.8 Å². The number of hydrogen-bond acceptors (Lipinski definition) is 2. The number of carboxylic acids is 1. The number of benzene rings is 1. The second-order valence-electron chi connectivity index (χ2n) is 3.68. The van der Waals surface area contributed by atoms with E-state index in [2.05, 4.69) is 5.32 Å². The second-order valence-corrected chi connectivity index (χ2v) is 4.09. The Bertz CT molecular complexity index is 555. The molecule has 0 aliphatic heterocycles. The van der Waals surface area contributed by atoms with Gasteiger partial charge in [-0.1, -0.05) is 17.7 Å². The van der Waals surface area contributed by atoms with Crippen molar-refractivity contribution in [3.63, 3.8) is 0 Å². The number of carbonyl (C=O) groups is 2. The molecule has 1 aromatic rings. The van der Waals surface area contributed by atoms with Crippen molar-refractivity contribution in [1.29, 1.82) is 0 Å². The van der Waals surface area contributed by atoms with E-state index in [9.17, 15) is 22.8 Å². The molecule has 0 saturated heterocycles. The predicted molar refractivity (Wildman–Crippen MR) is 66.1 cm³/mol. The van der Waals surface area contributed by atoms with Crippen LogP contribution >= 0.6 is 11.6 Å². The number of carbonyl (C=O) groups excluding carboxylic acids is 1. The summed E-state index contributed by atoms with van der Waals surface area (Å²) in [6.07, 6.45) is -2.32.